The number of carbonyl (C=O) groups excluding carboxylic acids is 2. The molecule has 8 nitrogen and oxygen atoms in total. The third-order valence-corrected chi connectivity index (χ3v) is 5.53. The van der Waals surface area contributed by atoms with Crippen LogP contribution in [-0.2, 0) is 11.2 Å². The normalized spacial score (nSPS) is 11.5. The molecule has 0 bridgehead atoms. The Kier molecular flexibility index (Phi) is 6.57. The molecule has 0 saturated carbocycles. The molecule has 2 amide bonds. The van der Waals surface area contributed by atoms with E-state index in [9.17, 15) is 9.59 Å². The largest absolute Gasteiger partial charge is 0.497 e. The van der Waals surface area contributed by atoms with Crippen molar-refractivity contribution in [1.82, 2.24) is 15.5 Å². The number of nitrogens with zero attached hydrogens (tertiary/aromatic N) is 2. The molecule has 0 fully saturated rings. The Morgan fingerprint density at radius 1 is 1.03 bits per heavy atom. The maximum Gasteiger partial charge on any atom is 0.287 e. The second kappa shape index (κ2) is 9.88. The Bertz CT molecular complexity index is 1170. The molecular formula is C23H20N4O4S. The van der Waals surface area contributed by atoms with Gasteiger partial charge in [0.2, 0.25) is 11.0 Å². The number of hydrogen-bond acceptors (Lipinski definition) is 7. The number of carbonyl (C=O) groups is 2. The van der Waals surface area contributed by atoms with Crippen molar-refractivity contribution in [2.45, 2.75) is 12.5 Å². The second-order valence-electron chi connectivity index (χ2n) is 6.82. The van der Waals surface area contributed by atoms with Crippen LogP contribution in [0.4, 0.5) is 5.13 Å². The standard InChI is InChI=1S/C23H20N4O4S/c1-30-17-11-9-16(10-12-17)22-26-27-23(32-22)25-20(28)18(14-15-6-3-2-4-7-15)24-21(29)19-8-5-13-31-19/h2-13,18H,14H2,1H3,(H,24,29)(H,25,27,28). The summed E-state index contributed by atoms with van der Waals surface area (Å²) in [4.78, 5) is 25.5. The van der Waals surface area contributed by atoms with Crippen LogP contribution >= 0.6 is 11.3 Å². The fourth-order valence-electron chi connectivity index (χ4n) is 3.01. The summed E-state index contributed by atoms with van der Waals surface area (Å²) in [5.41, 5.74) is 1.76. The van der Waals surface area contributed by atoms with Crippen LogP contribution in [0.1, 0.15) is 16.1 Å². The summed E-state index contributed by atoms with van der Waals surface area (Å²) in [6, 6.07) is 19.2. The van der Waals surface area contributed by atoms with E-state index in [0.717, 1.165) is 16.9 Å². The highest BCUT2D eigenvalue weighted by atomic mass is 32.1. The summed E-state index contributed by atoms with van der Waals surface area (Å²) < 4.78 is 10.3. The summed E-state index contributed by atoms with van der Waals surface area (Å²) in [5.74, 6) is 0.00451. The first-order valence-electron chi connectivity index (χ1n) is 9.79. The van der Waals surface area contributed by atoms with Gasteiger partial charge in [-0.15, -0.1) is 10.2 Å². The van der Waals surface area contributed by atoms with Gasteiger partial charge in [-0.2, -0.15) is 0 Å². The van der Waals surface area contributed by atoms with E-state index in [1.165, 1.54) is 17.6 Å². The topological polar surface area (TPSA) is 106 Å². The molecule has 0 radical (unpaired) electrons. The summed E-state index contributed by atoms with van der Waals surface area (Å²) in [6.07, 6.45) is 1.71. The highest BCUT2D eigenvalue weighted by molar-refractivity contribution is 7.18. The minimum Gasteiger partial charge on any atom is -0.497 e. The molecule has 0 aliphatic rings. The monoisotopic (exact) mass is 448 g/mol. The average molecular weight is 449 g/mol. The number of aromatic nitrogens is 2. The minimum atomic E-state index is -0.830. The van der Waals surface area contributed by atoms with Crippen LogP contribution in [0.5, 0.6) is 5.75 Å². The maximum atomic E-state index is 13.0. The van der Waals surface area contributed by atoms with E-state index in [1.807, 2.05) is 54.6 Å². The predicted molar refractivity (Wildman–Crippen MR) is 121 cm³/mol. The third kappa shape index (κ3) is 5.19. The van der Waals surface area contributed by atoms with Gasteiger partial charge < -0.3 is 14.5 Å². The molecule has 4 rings (SSSR count). The zero-order chi connectivity index (χ0) is 22.3. The van der Waals surface area contributed by atoms with Gasteiger partial charge in [0.05, 0.1) is 13.4 Å². The van der Waals surface area contributed by atoms with Crippen LogP contribution in [-0.4, -0.2) is 35.2 Å². The lowest BCUT2D eigenvalue weighted by Crippen LogP contribution is -2.45. The number of hydrogen-bond donors (Lipinski definition) is 2. The number of benzene rings is 2. The number of ether oxygens (including phenoxy) is 1. The Labute approximate surface area is 188 Å². The molecule has 2 heterocycles. The number of furan rings is 1. The number of anilines is 1. The number of nitrogens with one attached hydrogen (secondary N) is 2. The molecule has 162 valence electrons. The van der Waals surface area contributed by atoms with Crippen LogP contribution in [0.15, 0.2) is 77.4 Å². The zero-order valence-electron chi connectivity index (χ0n) is 17.1. The highest BCUT2D eigenvalue weighted by Gasteiger charge is 2.24. The predicted octanol–water partition coefficient (Wildman–Crippen LogP) is 3.79. The van der Waals surface area contributed by atoms with Crippen molar-refractivity contribution in [2.24, 2.45) is 0 Å². The van der Waals surface area contributed by atoms with E-state index in [1.54, 1.807) is 19.2 Å². The maximum absolute atomic E-state index is 13.0. The zero-order valence-corrected chi connectivity index (χ0v) is 18.0. The molecular weight excluding hydrogens is 428 g/mol. The fraction of sp³-hybridized carbons (Fsp3) is 0.130. The highest BCUT2D eigenvalue weighted by Crippen LogP contribution is 2.27. The molecule has 0 saturated heterocycles. The van der Waals surface area contributed by atoms with Gasteiger partial charge in [0.1, 0.15) is 16.8 Å². The Morgan fingerprint density at radius 3 is 2.50 bits per heavy atom. The SMILES string of the molecule is COc1ccc(-c2nnc(NC(=O)C(Cc3ccccc3)NC(=O)c3ccco3)s2)cc1. The smallest absolute Gasteiger partial charge is 0.287 e. The minimum absolute atomic E-state index is 0.133. The molecule has 0 aliphatic carbocycles. The van der Waals surface area contributed by atoms with Crippen LogP contribution in [0.25, 0.3) is 10.6 Å². The van der Waals surface area contributed by atoms with E-state index in [4.69, 9.17) is 9.15 Å². The lowest BCUT2D eigenvalue weighted by molar-refractivity contribution is -0.118. The fourth-order valence-corrected chi connectivity index (χ4v) is 3.76. The average Bonchev–Trinajstić information content (AvgIpc) is 3.52. The number of amides is 2. The first kappa shape index (κ1) is 21.3. The summed E-state index contributed by atoms with van der Waals surface area (Å²) in [7, 11) is 1.60. The Morgan fingerprint density at radius 2 is 1.81 bits per heavy atom. The van der Waals surface area contributed by atoms with Gasteiger partial charge in [-0.05, 0) is 42.0 Å². The molecule has 0 aliphatic heterocycles. The molecule has 32 heavy (non-hydrogen) atoms. The lowest BCUT2D eigenvalue weighted by atomic mass is 10.1. The molecule has 2 aromatic heterocycles. The van der Waals surface area contributed by atoms with Crippen molar-refractivity contribution in [3.8, 4) is 16.3 Å². The quantitative estimate of drug-likeness (QED) is 0.425. The van der Waals surface area contributed by atoms with Gasteiger partial charge >= 0.3 is 0 Å². The Balaban J connectivity index is 1.49. The number of rotatable bonds is 8. The van der Waals surface area contributed by atoms with Gasteiger partial charge in [-0.3, -0.25) is 14.9 Å². The first-order chi connectivity index (χ1) is 15.6. The molecule has 4 aromatic rings. The van der Waals surface area contributed by atoms with Gasteiger partial charge in [0.15, 0.2) is 5.76 Å². The van der Waals surface area contributed by atoms with E-state index < -0.39 is 17.9 Å². The van der Waals surface area contributed by atoms with Gasteiger partial charge in [-0.25, -0.2) is 0 Å². The molecule has 9 heteroatoms. The van der Waals surface area contributed by atoms with Gasteiger partial charge in [0.25, 0.3) is 5.91 Å². The third-order valence-electron chi connectivity index (χ3n) is 4.64. The lowest BCUT2D eigenvalue weighted by Gasteiger charge is -2.17. The van der Waals surface area contributed by atoms with Crippen molar-refractivity contribution in [3.05, 3.63) is 84.3 Å². The van der Waals surface area contributed by atoms with Crippen LogP contribution in [0.3, 0.4) is 0 Å². The summed E-state index contributed by atoms with van der Waals surface area (Å²) in [6.45, 7) is 0. The molecule has 1 unspecified atom stereocenters. The van der Waals surface area contributed by atoms with Crippen LogP contribution < -0.4 is 15.4 Å². The van der Waals surface area contributed by atoms with E-state index in [2.05, 4.69) is 20.8 Å². The molecule has 2 aromatic carbocycles. The van der Waals surface area contributed by atoms with Crippen LogP contribution in [0.2, 0.25) is 0 Å². The molecule has 1 atom stereocenters. The van der Waals surface area contributed by atoms with Crippen molar-refractivity contribution in [1.29, 1.82) is 0 Å². The van der Waals surface area contributed by atoms with Crippen LogP contribution in [0, 0.1) is 0 Å². The number of methoxy groups -OCH3 is 1. The van der Waals surface area contributed by atoms with Gasteiger partial charge in [-0.1, -0.05) is 41.7 Å². The van der Waals surface area contributed by atoms with Crippen molar-refractivity contribution >= 4 is 28.3 Å². The molecule has 0 spiro atoms. The summed E-state index contributed by atoms with van der Waals surface area (Å²) in [5, 5.41) is 14.7. The van der Waals surface area contributed by atoms with E-state index >= 15 is 0 Å². The molecule has 2 N–H and O–H groups in total. The Hall–Kier alpha value is -3.98. The second-order valence-corrected chi connectivity index (χ2v) is 7.80. The van der Waals surface area contributed by atoms with Gasteiger partial charge in [0, 0.05) is 12.0 Å². The van der Waals surface area contributed by atoms with E-state index in [0.29, 0.717) is 16.6 Å². The van der Waals surface area contributed by atoms with Crippen molar-refractivity contribution in [3.63, 3.8) is 0 Å². The van der Waals surface area contributed by atoms with Crippen molar-refractivity contribution < 1.29 is 18.7 Å². The van der Waals surface area contributed by atoms with E-state index in [-0.39, 0.29) is 5.76 Å². The summed E-state index contributed by atoms with van der Waals surface area (Å²) >= 11 is 1.24. The first-order valence-corrected chi connectivity index (χ1v) is 10.6. The van der Waals surface area contributed by atoms with Crippen molar-refractivity contribution in [2.75, 3.05) is 12.4 Å².